The Hall–Kier alpha value is -1.74. The van der Waals surface area contributed by atoms with Crippen LogP contribution < -0.4 is 0 Å². The summed E-state index contributed by atoms with van der Waals surface area (Å²) in [6.07, 6.45) is 4.07. The number of aryl methyl sites for hydroxylation is 2. The zero-order chi connectivity index (χ0) is 12.5. The molecule has 2 aromatic rings. The minimum absolute atomic E-state index is 1.05. The number of hydrogen-bond donors (Lipinski definition) is 1. The van der Waals surface area contributed by atoms with Gasteiger partial charge in [-0.05, 0) is 43.7 Å². The molecule has 1 aromatic carbocycles. The first-order chi connectivity index (χ1) is 8.72. The van der Waals surface area contributed by atoms with E-state index in [2.05, 4.69) is 42.0 Å². The van der Waals surface area contributed by atoms with Crippen LogP contribution in [0.5, 0.6) is 0 Å². The molecule has 90 valence electrons. The summed E-state index contributed by atoms with van der Waals surface area (Å²) in [6.45, 7) is 4.21. The maximum Gasteiger partial charge on any atom is 0.0769 e. The van der Waals surface area contributed by atoms with Crippen molar-refractivity contribution in [3.05, 3.63) is 52.2 Å². The number of allylic oxidation sites excluding steroid dienone is 1. The third-order valence-corrected chi connectivity index (χ3v) is 4.04. The first-order valence-corrected chi connectivity index (χ1v) is 6.73. The minimum atomic E-state index is 1.05. The molecular formula is C15H14N2S. The number of fused-ring (bicyclic) bond motifs is 1. The number of hydrogen-bond acceptors (Lipinski definition) is 2. The molecule has 3 rings (SSSR count). The molecule has 1 N–H and O–H groups in total. The Morgan fingerprint density at radius 1 is 1.22 bits per heavy atom. The van der Waals surface area contributed by atoms with Gasteiger partial charge in [-0.1, -0.05) is 23.9 Å². The van der Waals surface area contributed by atoms with Crippen LogP contribution in [0, 0.1) is 13.8 Å². The fourth-order valence-corrected chi connectivity index (χ4v) is 2.84. The van der Waals surface area contributed by atoms with Crippen LogP contribution in [0.2, 0.25) is 0 Å². The van der Waals surface area contributed by atoms with Crippen LogP contribution in [-0.4, -0.2) is 11.2 Å². The van der Waals surface area contributed by atoms with Crippen LogP contribution in [0.3, 0.4) is 0 Å². The van der Waals surface area contributed by atoms with Crippen LogP contribution in [-0.2, 0) is 0 Å². The average molecular weight is 254 g/mol. The van der Waals surface area contributed by atoms with Gasteiger partial charge >= 0.3 is 0 Å². The van der Waals surface area contributed by atoms with Gasteiger partial charge in [0.2, 0.25) is 0 Å². The lowest BCUT2D eigenvalue weighted by Crippen LogP contribution is -1.87. The van der Waals surface area contributed by atoms with E-state index in [1.54, 1.807) is 11.8 Å². The Balaban J connectivity index is 1.92. The van der Waals surface area contributed by atoms with E-state index in [9.17, 15) is 0 Å². The van der Waals surface area contributed by atoms with E-state index in [0.29, 0.717) is 0 Å². The summed E-state index contributed by atoms with van der Waals surface area (Å²) < 4.78 is 0. The Kier molecular flexibility index (Phi) is 2.84. The van der Waals surface area contributed by atoms with Crippen molar-refractivity contribution < 1.29 is 0 Å². The Morgan fingerprint density at radius 3 is 2.83 bits per heavy atom. The summed E-state index contributed by atoms with van der Waals surface area (Å²) in [6, 6.07) is 10.4. The Bertz CT molecular complexity index is 631. The molecular weight excluding hydrogens is 240 g/mol. The molecule has 18 heavy (non-hydrogen) atoms. The highest BCUT2D eigenvalue weighted by atomic mass is 32.2. The number of rotatable bonds is 1. The fourth-order valence-electron chi connectivity index (χ4n) is 1.93. The molecule has 0 aliphatic carbocycles. The number of nitrogens with one attached hydrogen (secondary N) is 1. The highest BCUT2D eigenvalue weighted by Gasteiger charge is 2.09. The van der Waals surface area contributed by atoms with Crippen LogP contribution in [0.25, 0.3) is 6.08 Å². The molecule has 2 nitrogen and oxygen atoms in total. The van der Waals surface area contributed by atoms with Gasteiger partial charge in [-0.3, -0.25) is 4.99 Å². The van der Waals surface area contributed by atoms with Crippen LogP contribution in [0.15, 0.2) is 45.1 Å². The van der Waals surface area contributed by atoms with Crippen molar-refractivity contribution in [1.82, 2.24) is 4.98 Å². The normalized spacial score (nSPS) is 16.0. The van der Waals surface area contributed by atoms with E-state index < -0.39 is 0 Å². The van der Waals surface area contributed by atoms with Gasteiger partial charge in [0.05, 0.1) is 5.69 Å². The first-order valence-electron chi connectivity index (χ1n) is 5.91. The van der Waals surface area contributed by atoms with E-state index in [1.807, 2.05) is 24.4 Å². The van der Waals surface area contributed by atoms with Crippen molar-refractivity contribution in [2.75, 3.05) is 0 Å². The van der Waals surface area contributed by atoms with E-state index in [-0.39, 0.29) is 0 Å². The molecule has 0 saturated carbocycles. The number of nitrogens with zero attached hydrogens (tertiary/aromatic N) is 1. The summed E-state index contributed by atoms with van der Waals surface area (Å²) in [4.78, 5) is 10.2. The van der Waals surface area contributed by atoms with Crippen LogP contribution in [0.1, 0.15) is 17.0 Å². The molecule has 1 aromatic heterocycles. The topological polar surface area (TPSA) is 28.1 Å². The summed E-state index contributed by atoms with van der Waals surface area (Å²) in [5.41, 5.74) is 4.71. The zero-order valence-electron chi connectivity index (χ0n) is 10.4. The largest absolute Gasteiger partial charge is 0.359 e. The molecule has 1 aliphatic rings. The van der Waals surface area contributed by atoms with Crippen molar-refractivity contribution in [2.24, 2.45) is 4.99 Å². The molecule has 2 heterocycles. The molecule has 0 bridgehead atoms. The maximum atomic E-state index is 4.47. The monoisotopic (exact) mass is 254 g/mol. The predicted octanol–water partition coefficient (Wildman–Crippen LogP) is 4.48. The lowest BCUT2D eigenvalue weighted by molar-refractivity contribution is 1.22. The summed E-state index contributed by atoms with van der Waals surface area (Å²) in [7, 11) is 0. The van der Waals surface area contributed by atoms with E-state index >= 15 is 0 Å². The van der Waals surface area contributed by atoms with Gasteiger partial charge in [0, 0.05) is 27.4 Å². The molecule has 3 heteroatoms. The summed E-state index contributed by atoms with van der Waals surface area (Å²) >= 11 is 1.76. The highest BCUT2D eigenvalue weighted by molar-refractivity contribution is 8.04. The Morgan fingerprint density at radius 2 is 2.06 bits per heavy atom. The zero-order valence-corrected chi connectivity index (χ0v) is 11.2. The maximum absolute atomic E-state index is 4.47. The molecule has 0 fully saturated rings. The van der Waals surface area contributed by atoms with Crippen LogP contribution >= 0.6 is 11.8 Å². The third kappa shape index (κ3) is 2.14. The summed E-state index contributed by atoms with van der Waals surface area (Å²) in [5.74, 6) is 0. The van der Waals surface area contributed by atoms with Gasteiger partial charge in [0.1, 0.15) is 0 Å². The average Bonchev–Trinajstić information content (AvgIpc) is 2.68. The van der Waals surface area contributed by atoms with Gasteiger partial charge in [-0.25, -0.2) is 0 Å². The van der Waals surface area contributed by atoms with Gasteiger partial charge in [0.25, 0.3) is 0 Å². The lowest BCUT2D eigenvalue weighted by Gasteiger charge is -2.10. The minimum Gasteiger partial charge on any atom is -0.359 e. The molecule has 0 unspecified atom stereocenters. The SMILES string of the molecule is Cc1cc(C=C2C=Nc3ccccc3S2)[nH]c1C. The number of aliphatic imine (C=N–C) groups is 1. The molecule has 0 atom stereocenters. The molecule has 0 saturated heterocycles. The van der Waals surface area contributed by atoms with E-state index in [4.69, 9.17) is 0 Å². The second kappa shape index (κ2) is 4.50. The number of aromatic amines is 1. The van der Waals surface area contributed by atoms with Crippen molar-refractivity contribution in [3.63, 3.8) is 0 Å². The molecule has 0 spiro atoms. The van der Waals surface area contributed by atoms with Crippen molar-refractivity contribution in [3.8, 4) is 0 Å². The van der Waals surface area contributed by atoms with E-state index in [1.165, 1.54) is 16.2 Å². The quantitative estimate of drug-likeness (QED) is 0.798. The number of para-hydroxylation sites is 1. The number of aromatic nitrogens is 1. The standard InChI is InChI=1S/C15H14N2S/c1-10-7-12(17-11(10)2)8-13-9-16-14-5-3-4-6-15(14)18-13/h3-9,17H,1-2H3. The second-order valence-electron chi connectivity index (χ2n) is 4.41. The summed E-state index contributed by atoms with van der Waals surface area (Å²) in [5, 5.41) is 0. The van der Waals surface area contributed by atoms with Gasteiger partial charge < -0.3 is 4.98 Å². The van der Waals surface area contributed by atoms with Gasteiger partial charge in [-0.15, -0.1) is 0 Å². The lowest BCUT2D eigenvalue weighted by atomic mass is 10.3. The number of thioether (sulfide) groups is 1. The first kappa shape index (κ1) is 11.4. The number of H-pyrrole nitrogens is 1. The Labute approximate surface area is 111 Å². The predicted molar refractivity (Wildman–Crippen MR) is 78.7 cm³/mol. The molecule has 0 radical (unpaired) electrons. The smallest absolute Gasteiger partial charge is 0.0769 e. The molecule has 0 amide bonds. The highest BCUT2D eigenvalue weighted by Crippen LogP contribution is 2.38. The van der Waals surface area contributed by atoms with Crippen molar-refractivity contribution >= 4 is 29.7 Å². The fraction of sp³-hybridized carbons (Fsp3) is 0.133. The van der Waals surface area contributed by atoms with E-state index in [0.717, 1.165) is 16.3 Å². The molecule has 1 aliphatic heterocycles. The van der Waals surface area contributed by atoms with Crippen LogP contribution in [0.4, 0.5) is 5.69 Å². The van der Waals surface area contributed by atoms with Crippen molar-refractivity contribution in [1.29, 1.82) is 0 Å². The number of benzene rings is 1. The van der Waals surface area contributed by atoms with Gasteiger partial charge in [-0.2, -0.15) is 0 Å². The second-order valence-corrected chi connectivity index (χ2v) is 5.52. The van der Waals surface area contributed by atoms with Crippen molar-refractivity contribution in [2.45, 2.75) is 18.7 Å². The van der Waals surface area contributed by atoms with Gasteiger partial charge in [0.15, 0.2) is 0 Å². The third-order valence-electron chi connectivity index (χ3n) is 3.02.